The Hall–Kier alpha value is -1.19. The van der Waals surface area contributed by atoms with Crippen molar-refractivity contribution >= 4 is 46.4 Å². The van der Waals surface area contributed by atoms with Crippen LogP contribution in [-0.4, -0.2) is 9.78 Å². The van der Waals surface area contributed by atoms with Crippen molar-refractivity contribution in [3.05, 3.63) is 74.9 Å². The van der Waals surface area contributed by atoms with Crippen LogP contribution in [-0.2, 0) is 12.4 Å². The van der Waals surface area contributed by atoms with Crippen molar-refractivity contribution in [2.75, 3.05) is 0 Å². The van der Waals surface area contributed by atoms with E-state index < -0.39 is 0 Å². The Kier molecular flexibility index (Phi) is 5.17. The molecule has 0 saturated heterocycles. The van der Waals surface area contributed by atoms with Gasteiger partial charge in [-0.3, -0.25) is 4.68 Å². The van der Waals surface area contributed by atoms with Crippen molar-refractivity contribution in [1.29, 1.82) is 0 Å². The molecule has 6 heteroatoms. The molecule has 0 aliphatic heterocycles. The molecule has 0 radical (unpaired) electrons. The summed E-state index contributed by atoms with van der Waals surface area (Å²) in [6.45, 7) is 0.590. The SMILES string of the molecule is ClCc1cc(-c2ccc(Cl)c(Cl)c2)n(Cc2cccc(Cl)c2)n1. The summed E-state index contributed by atoms with van der Waals surface area (Å²) in [7, 11) is 0. The highest BCUT2D eigenvalue weighted by molar-refractivity contribution is 6.42. The second-order valence-corrected chi connectivity index (χ2v) is 6.59. The van der Waals surface area contributed by atoms with Crippen LogP contribution in [0.3, 0.4) is 0 Å². The number of nitrogens with zero attached hydrogens (tertiary/aromatic N) is 2. The summed E-state index contributed by atoms with van der Waals surface area (Å²) in [6, 6.07) is 15.2. The van der Waals surface area contributed by atoms with Crippen molar-refractivity contribution in [1.82, 2.24) is 9.78 Å². The maximum atomic E-state index is 6.13. The molecule has 0 spiro atoms. The number of halogens is 4. The van der Waals surface area contributed by atoms with Gasteiger partial charge in [-0.1, -0.05) is 53.0 Å². The van der Waals surface area contributed by atoms with Crippen LogP contribution in [0.15, 0.2) is 48.5 Å². The minimum Gasteiger partial charge on any atom is -0.260 e. The molecule has 0 bridgehead atoms. The van der Waals surface area contributed by atoms with E-state index in [4.69, 9.17) is 46.4 Å². The maximum Gasteiger partial charge on any atom is 0.0778 e. The molecule has 0 aliphatic carbocycles. The van der Waals surface area contributed by atoms with Gasteiger partial charge in [0.15, 0.2) is 0 Å². The van der Waals surface area contributed by atoms with E-state index in [2.05, 4.69) is 5.10 Å². The zero-order valence-electron chi connectivity index (χ0n) is 11.9. The van der Waals surface area contributed by atoms with Crippen LogP contribution >= 0.6 is 46.4 Å². The fourth-order valence-electron chi connectivity index (χ4n) is 2.35. The molecule has 0 atom stereocenters. The van der Waals surface area contributed by atoms with Crippen LogP contribution in [0.4, 0.5) is 0 Å². The van der Waals surface area contributed by atoms with Gasteiger partial charge in [-0.2, -0.15) is 5.10 Å². The third-order valence-corrected chi connectivity index (χ3v) is 4.65. The Labute approximate surface area is 154 Å². The standard InChI is InChI=1S/C17H12Cl4N2/c18-9-14-8-17(12-4-5-15(20)16(21)7-12)23(22-14)10-11-2-1-3-13(19)6-11/h1-8H,9-10H2. The molecule has 0 saturated carbocycles. The molecular weight excluding hydrogens is 374 g/mol. The van der Waals surface area contributed by atoms with Crippen molar-refractivity contribution in [2.45, 2.75) is 12.4 Å². The van der Waals surface area contributed by atoms with Gasteiger partial charge in [0.05, 0.1) is 33.9 Å². The Bertz CT molecular complexity index is 842. The molecule has 2 nitrogen and oxygen atoms in total. The molecule has 23 heavy (non-hydrogen) atoms. The van der Waals surface area contributed by atoms with E-state index in [0.29, 0.717) is 27.5 Å². The summed E-state index contributed by atoms with van der Waals surface area (Å²) < 4.78 is 1.89. The van der Waals surface area contributed by atoms with E-state index in [1.807, 2.05) is 47.1 Å². The summed E-state index contributed by atoms with van der Waals surface area (Å²) in [5, 5.41) is 6.27. The van der Waals surface area contributed by atoms with E-state index in [1.165, 1.54) is 0 Å². The summed E-state index contributed by atoms with van der Waals surface area (Å²) >= 11 is 24.1. The fraction of sp³-hybridized carbons (Fsp3) is 0.118. The summed E-state index contributed by atoms with van der Waals surface area (Å²) in [5.74, 6) is 0.344. The second-order valence-electron chi connectivity index (χ2n) is 5.07. The molecule has 3 rings (SSSR count). The van der Waals surface area contributed by atoms with Crippen molar-refractivity contribution in [3.8, 4) is 11.3 Å². The molecule has 0 amide bonds. The predicted molar refractivity (Wildman–Crippen MR) is 97.8 cm³/mol. The third-order valence-electron chi connectivity index (χ3n) is 3.40. The van der Waals surface area contributed by atoms with Crippen molar-refractivity contribution < 1.29 is 0 Å². The number of hydrogen-bond donors (Lipinski definition) is 0. The molecule has 2 aromatic carbocycles. The Morgan fingerprint density at radius 1 is 0.913 bits per heavy atom. The lowest BCUT2D eigenvalue weighted by molar-refractivity contribution is 0.685. The number of rotatable bonds is 4. The topological polar surface area (TPSA) is 17.8 Å². The molecule has 0 aliphatic rings. The number of aromatic nitrogens is 2. The Balaban J connectivity index is 2.02. The lowest BCUT2D eigenvalue weighted by atomic mass is 10.1. The van der Waals surface area contributed by atoms with Gasteiger partial charge in [-0.25, -0.2) is 0 Å². The first-order valence-corrected chi connectivity index (χ1v) is 8.56. The maximum absolute atomic E-state index is 6.13. The fourth-order valence-corrected chi connectivity index (χ4v) is 2.99. The lowest BCUT2D eigenvalue weighted by Crippen LogP contribution is -2.04. The quantitative estimate of drug-likeness (QED) is 0.482. The summed E-state index contributed by atoms with van der Waals surface area (Å²) in [6.07, 6.45) is 0. The second kappa shape index (κ2) is 7.14. The Morgan fingerprint density at radius 2 is 1.74 bits per heavy atom. The lowest BCUT2D eigenvalue weighted by Gasteiger charge is -2.09. The molecule has 118 valence electrons. The number of hydrogen-bond acceptors (Lipinski definition) is 1. The normalized spacial score (nSPS) is 11.0. The minimum atomic E-state index is 0.344. The highest BCUT2D eigenvalue weighted by Gasteiger charge is 2.12. The van der Waals surface area contributed by atoms with Crippen LogP contribution < -0.4 is 0 Å². The van der Waals surface area contributed by atoms with E-state index in [0.717, 1.165) is 22.5 Å². The largest absolute Gasteiger partial charge is 0.260 e. The first-order valence-electron chi connectivity index (χ1n) is 6.89. The Morgan fingerprint density at radius 3 is 2.43 bits per heavy atom. The summed E-state index contributed by atoms with van der Waals surface area (Å²) in [5.41, 5.74) is 3.72. The van der Waals surface area contributed by atoms with E-state index in [-0.39, 0.29) is 0 Å². The predicted octanol–water partition coefficient (Wildman–Crippen LogP) is 6.30. The van der Waals surface area contributed by atoms with Gasteiger partial charge < -0.3 is 0 Å². The average Bonchev–Trinajstić information content (AvgIpc) is 2.93. The van der Waals surface area contributed by atoms with Gasteiger partial charge >= 0.3 is 0 Å². The van der Waals surface area contributed by atoms with Crippen LogP contribution in [0, 0.1) is 0 Å². The van der Waals surface area contributed by atoms with Gasteiger partial charge in [-0.05, 0) is 35.9 Å². The van der Waals surface area contributed by atoms with Gasteiger partial charge in [0.2, 0.25) is 0 Å². The first-order chi connectivity index (χ1) is 11.1. The van der Waals surface area contributed by atoms with E-state index in [9.17, 15) is 0 Å². The average molecular weight is 386 g/mol. The minimum absolute atomic E-state index is 0.344. The molecule has 0 N–H and O–H groups in total. The van der Waals surface area contributed by atoms with Crippen molar-refractivity contribution in [2.24, 2.45) is 0 Å². The van der Waals surface area contributed by atoms with Gasteiger partial charge in [0.25, 0.3) is 0 Å². The van der Waals surface area contributed by atoms with Crippen LogP contribution in [0.5, 0.6) is 0 Å². The van der Waals surface area contributed by atoms with Gasteiger partial charge in [-0.15, -0.1) is 11.6 Å². The van der Waals surface area contributed by atoms with Gasteiger partial charge in [0, 0.05) is 10.6 Å². The van der Waals surface area contributed by atoms with Crippen LogP contribution in [0.25, 0.3) is 11.3 Å². The van der Waals surface area contributed by atoms with Gasteiger partial charge in [0.1, 0.15) is 0 Å². The summed E-state index contributed by atoms with van der Waals surface area (Å²) in [4.78, 5) is 0. The smallest absolute Gasteiger partial charge is 0.0778 e. The molecular formula is C17H12Cl4N2. The molecule has 1 aromatic heterocycles. The molecule has 0 unspecified atom stereocenters. The third kappa shape index (κ3) is 3.84. The van der Waals surface area contributed by atoms with Crippen LogP contribution in [0.1, 0.15) is 11.3 Å². The zero-order valence-corrected chi connectivity index (χ0v) is 15.0. The van der Waals surface area contributed by atoms with E-state index in [1.54, 1.807) is 6.07 Å². The van der Waals surface area contributed by atoms with E-state index >= 15 is 0 Å². The van der Waals surface area contributed by atoms with Crippen molar-refractivity contribution in [3.63, 3.8) is 0 Å². The molecule has 1 heterocycles. The first kappa shape index (κ1) is 16.7. The number of alkyl halides is 1. The highest BCUT2D eigenvalue weighted by atomic mass is 35.5. The molecule has 0 fully saturated rings. The zero-order chi connectivity index (χ0) is 16.4. The monoisotopic (exact) mass is 384 g/mol. The highest BCUT2D eigenvalue weighted by Crippen LogP contribution is 2.29. The van der Waals surface area contributed by atoms with Crippen LogP contribution in [0.2, 0.25) is 15.1 Å². The molecule has 3 aromatic rings. The number of benzene rings is 2.